The molecule has 4 rings (SSSR count). The zero-order valence-corrected chi connectivity index (χ0v) is 37.0. The summed E-state index contributed by atoms with van der Waals surface area (Å²) in [5.41, 5.74) is 7.54. The van der Waals surface area contributed by atoms with Crippen molar-refractivity contribution in [3.63, 3.8) is 0 Å². The topological polar surface area (TPSA) is 26.0 Å². The molecular formula is C44H61F6NS5. The number of anilines is 1. The maximum atomic E-state index is 12.3. The van der Waals surface area contributed by atoms with Gasteiger partial charge in [0.2, 0.25) is 5.82 Å². The molecule has 314 valence electrons. The molecule has 0 heterocycles. The Hall–Kier alpha value is -1.99. The van der Waals surface area contributed by atoms with Gasteiger partial charge in [-0.15, -0.1) is 37.9 Å². The third-order valence-electron chi connectivity index (χ3n) is 8.16. The number of hydrogen-bond acceptors (Lipinski definition) is 6. The van der Waals surface area contributed by atoms with Crippen LogP contribution in [0.3, 0.4) is 0 Å². The van der Waals surface area contributed by atoms with Gasteiger partial charge in [0, 0.05) is 15.5 Å². The molecule has 56 heavy (non-hydrogen) atoms. The number of rotatable bonds is 18. The largest absolute Gasteiger partial charge is 0.399 e. The van der Waals surface area contributed by atoms with E-state index in [4.69, 9.17) is 5.73 Å². The van der Waals surface area contributed by atoms with E-state index in [1.165, 1.54) is 120 Å². The molecule has 0 bridgehead atoms. The Labute approximate surface area is 360 Å². The minimum absolute atomic E-state index is 0.220. The van der Waals surface area contributed by atoms with Gasteiger partial charge in [-0.2, -0.15) is 25.3 Å². The van der Waals surface area contributed by atoms with E-state index < -0.39 is 34.0 Å². The number of hydrogen-bond donors (Lipinski definition) is 6. The number of unbranched alkanes of at least 4 members (excludes halogenated alkanes) is 15. The standard InChI is InChI=1S/C18H38S.C8H10S.C6HF5S.C6H5FS.C6H7NS/c1-2-3-4-5-6-7-8-9-10-11-12-13-14-15-16-17-18-19;9-7-6-8-4-2-1-3-5-8;7-1-2(8)4(10)6(12)5(11)3(1)9;2*7-5-1-3-6(8)4-2-5/h19H,2-18H2,1H3;1-5,9H,6-7H2;12H;1-4,8H;1-4,8H,7H2. The van der Waals surface area contributed by atoms with E-state index in [1.54, 1.807) is 12.1 Å². The molecule has 0 saturated carbocycles. The molecule has 4 aromatic rings. The van der Waals surface area contributed by atoms with Gasteiger partial charge in [-0.1, -0.05) is 134 Å². The maximum absolute atomic E-state index is 12.3. The van der Waals surface area contributed by atoms with Gasteiger partial charge in [0.1, 0.15) is 5.82 Å². The highest BCUT2D eigenvalue weighted by Crippen LogP contribution is 2.25. The number of benzene rings is 4. The van der Waals surface area contributed by atoms with Crippen LogP contribution in [0.1, 0.15) is 115 Å². The van der Waals surface area contributed by atoms with Crippen molar-refractivity contribution in [2.24, 2.45) is 0 Å². The summed E-state index contributed by atoms with van der Waals surface area (Å²) in [6.45, 7) is 2.29. The summed E-state index contributed by atoms with van der Waals surface area (Å²) < 4.78 is 73.3. The molecule has 0 atom stereocenters. The molecule has 0 spiro atoms. The zero-order valence-electron chi connectivity index (χ0n) is 32.5. The fourth-order valence-corrected chi connectivity index (χ4v) is 5.92. The fourth-order valence-electron chi connectivity index (χ4n) is 4.94. The van der Waals surface area contributed by atoms with Crippen LogP contribution >= 0.6 is 63.1 Å². The molecule has 0 unspecified atom stereocenters. The predicted octanol–water partition coefficient (Wildman–Crippen LogP) is 15.7. The first-order chi connectivity index (χ1) is 26.9. The Morgan fingerprint density at radius 1 is 0.429 bits per heavy atom. The lowest BCUT2D eigenvalue weighted by Crippen LogP contribution is -2.01. The van der Waals surface area contributed by atoms with Crippen LogP contribution in [-0.4, -0.2) is 11.5 Å². The van der Waals surface area contributed by atoms with Crippen LogP contribution < -0.4 is 5.73 Å². The van der Waals surface area contributed by atoms with Gasteiger partial charge >= 0.3 is 0 Å². The quantitative estimate of drug-likeness (QED) is 0.0147. The van der Waals surface area contributed by atoms with E-state index in [0.29, 0.717) is 0 Å². The number of thiol groups is 5. The molecule has 0 radical (unpaired) electrons. The van der Waals surface area contributed by atoms with Gasteiger partial charge in [0.05, 0.1) is 4.90 Å². The third kappa shape index (κ3) is 28.4. The Balaban J connectivity index is 0.000000706. The van der Waals surface area contributed by atoms with Crippen molar-refractivity contribution >= 4 is 68.8 Å². The highest BCUT2D eigenvalue weighted by Gasteiger charge is 2.23. The third-order valence-corrected chi connectivity index (χ3v) is 9.69. The lowest BCUT2D eigenvalue weighted by molar-refractivity contribution is 0.361. The summed E-state index contributed by atoms with van der Waals surface area (Å²) in [7, 11) is 0. The second-order valence-electron chi connectivity index (χ2n) is 13.0. The van der Waals surface area contributed by atoms with Crippen molar-refractivity contribution in [3.8, 4) is 0 Å². The van der Waals surface area contributed by atoms with Crippen molar-refractivity contribution in [1.82, 2.24) is 0 Å². The van der Waals surface area contributed by atoms with Gasteiger partial charge in [-0.05, 0) is 78.4 Å². The molecule has 0 aromatic heterocycles. The summed E-state index contributed by atoms with van der Waals surface area (Å²) in [5.74, 6) is -8.21. The van der Waals surface area contributed by atoms with Gasteiger partial charge in [0.15, 0.2) is 23.3 Å². The molecule has 0 saturated heterocycles. The van der Waals surface area contributed by atoms with Crippen LogP contribution in [0.2, 0.25) is 0 Å². The van der Waals surface area contributed by atoms with Crippen molar-refractivity contribution < 1.29 is 26.3 Å². The van der Waals surface area contributed by atoms with Crippen molar-refractivity contribution in [2.75, 3.05) is 17.2 Å². The summed E-state index contributed by atoms with van der Waals surface area (Å²) in [6, 6.07) is 23.7. The number of halogens is 6. The van der Waals surface area contributed by atoms with Crippen LogP contribution in [0.15, 0.2) is 93.5 Å². The first kappa shape index (κ1) is 54.0. The second kappa shape index (κ2) is 36.1. The molecule has 0 aliphatic rings. The van der Waals surface area contributed by atoms with E-state index in [0.717, 1.165) is 33.4 Å². The van der Waals surface area contributed by atoms with Crippen LogP contribution in [-0.2, 0) is 6.42 Å². The predicted molar refractivity (Wildman–Crippen MR) is 243 cm³/mol. The molecule has 0 amide bonds. The summed E-state index contributed by atoms with van der Waals surface area (Å²) >= 11 is 19.5. The molecular weight excluding hydrogens is 817 g/mol. The average molecular weight is 878 g/mol. The molecule has 4 aromatic carbocycles. The van der Waals surface area contributed by atoms with Crippen molar-refractivity contribution in [2.45, 2.75) is 131 Å². The molecule has 12 heteroatoms. The molecule has 1 nitrogen and oxygen atoms in total. The molecule has 0 fully saturated rings. The second-order valence-corrected chi connectivity index (χ2v) is 15.3. The van der Waals surface area contributed by atoms with Crippen LogP contribution in [0.25, 0.3) is 0 Å². The van der Waals surface area contributed by atoms with Gasteiger partial charge in [-0.3, -0.25) is 0 Å². The van der Waals surface area contributed by atoms with Gasteiger partial charge in [0.25, 0.3) is 0 Å². The van der Waals surface area contributed by atoms with Gasteiger partial charge < -0.3 is 5.73 Å². The van der Waals surface area contributed by atoms with Crippen molar-refractivity contribution in [3.05, 3.63) is 119 Å². The Morgan fingerprint density at radius 3 is 1.12 bits per heavy atom. The van der Waals surface area contributed by atoms with Crippen LogP contribution in [0, 0.1) is 34.9 Å². The molecule has 0 aliphatic heterocycles. The number of nitrogen functional groups attached to an aromatic ring is 1. The minimum Gasteiger partial charge on any atom is -0.399 e. The summed E-state index contributed by atoms with van der Waals surface area (Å²) in [5, 5.41) is 0. The monoisotopic (exact) mass is 877 g/mol. The number of nitrogens with two attached hydrogens (primary N) is 1. The normalized spacial score (nSPS) is 10.1. The summed E-state index contributed by atoms with van der Waals surface area (Å²) in [4.78, 5) is 0.553. The van der Waals surface area contributed by atoms with E-state index in [9.17, 15) is 26.3 Å². The van der Waals surface area contributed by atoms with E-state index in [-0.39, 0.29) is 5.82 Å². The van der Waals surface area contributed by atoms with E-state index in [2.05, 4.69) is 94.3 Å². The molecule has 0 aliphatic carbocycles. The number of aryl methyl sites for hydroxylation is 1. The first-order valence-corrected chi connectivity index (χ1v) is 21.9. The lowest BCUT2D eigenvalue weighted by Gasteiger charge is -2.03. The SMILES string of the molecule is CCCCCCCCCCCCCCCCCCS.Fc1c(F)c(F)c(S)c(F)c1F.Fc1ccc(S)cc1.Nc1ccc(S)cc1.SCCc1ccccc1. The molecule has 2 N–H and O–H groups in total. The highest BCUT2D eigenvalue weighted by atomic mass is 32.1. The van der Waals surface area contributed by atoms with E-state index >= 15 is 0 Å². The van der Waals surface area contributed by atoms with Gasteiger partial charge in [-0.25, -0.2) is 26.3 Å². The fraction of sp³-hybridized carbons (Fsp3) is 0.455. The zero-order chi connectivity index (χ0) is 42.0. The maximum Gasteiger partial charge on any atom is 0.200 e. The highest BCUT2D eigenvalue weighted by molar-refractivity contribution is 7.80. The van der Waals surface area contributed by atoms with Crippen LogP contribution in [0.4, 0.5) is 32.0 Å². The Kier molecular flexibility index (Phi) is 34.8. The lowest BCUT2D eigenvalue weighted by atomic mass is 10.0. The van der Waals surface area contributed by atoms with Crippen molar-refractivity contribution in [1.29, 1.82) is 0 Å². The smallest absolute Gasteiger partial charge is 0.200 e. The van der Waals surface area contributed by atoms with E-state index in [1.807, 2.05) is 30.3 Å². The minimum atomic E-state index is -2.18. The average Bonchev–Trinajstić information content (AvgIpc) is 3.21. The Bertz CT molecular complexity index is 1310. The van der Waals surface area contributed by atoms with Crippen LogP contribution in [0.5, 0.6) is 0 Å². The summed E-state index contributed by atoms with van der Waals surface area (Å²) in [6.07, 6.45) is 24.2. The first-order valence-electron chi connectivity index (χ1n) is 19.3. The Morgan fingerprint density at radius 2 is 0.786 bits per heavy atom.